The summed E-state index contributed by atoms with van der Waals surface area (Å²) in [6.07, 6.45) is 2.16. The van der Waals surface area contributed by atoms with Gasteiger partial charge in [-0.15, -0.1) is 0 Å². The van der Waals surface area contributed by atoms with E-state index in [2.05, 4.69) is 9.97 Å². The smallest absolute Gasteiger partial charge is 0.135 e. The van der Waals surface area contributed by atoms with Gasteiger partial charge >= 0.3 is 0 Å². The lowest BCUT2D eigenvalue weighted by atomic mass is 10.3. The molecule has 1 aromatic rings. The van der Waals surface area contributed by atoms with Gasteiger partial charge < -0.3 is 4.90 Å². The molecule has 5 nitrogen and oxygen atoms in total. The van der Waals surface area contributed by atoms with Crippen LogP contribution in [-0.4, -0.2) is 23.1 Å². The summed E-state index contributed by atoms with van der Waals surface area (Å²) >= 11 is 5.92. The molecule has 0 aromatic carbocycles. The van der Waals surface area contributed by atoms with E-state index in [1.807, 2.05) is 12.1 Å². The lowest BCUT2D eigenvalue weighted by Gasteiger charge is -2.17. The first-order valence-corrected chi connectivity index (χ1v) is 5.65. The summed E-state index contributed by atoms with van der Waals surface area (Å²) in [6.45, 7) is 0.232. The van der Waals surface area contributed by atoms with Crippen LogP contribution in [0.3, 0.4) is 0 Å². The number of nitrogens with zero attached hydrogens (tertiary/aromatic N) is 5. The van der Waals surface area contributed by atoms with Gasteiger partial charge in [-0.3, -0.25) is 0 Å². The fourth-order valence-electron chi connectivity index (χ4n) is 1.50. The van der Waals surface area contributed by atoms with Crippen LogP contribution in [0.5, 0.6) is 0 Å². The molecule has 86 valence electrons. The number of anilines is 1. The quantitative estimate of drug-likeness (QED) is 0.600. The number of hydrogen-bond acceptors (Lipinski definition) is 5. The zero-order valence-electron chi connectivity index (χ0n) is 9.10. The second kappa shape index (κ2) is 4.99. The molecule has 0 bridgehead atoms. The average molecular weight is 248 g/mol. The molecular weight excluding hydrogens is 238 g/mol. The van der Waals surface area contributed by atoms with Crippen LogP contribution in [0.25, 0.3) is 0 Å². The lowest BCUT2D eigenvalue weighted by molar-refractivity contribution is 0.872. The molecule has 1 aliphatic rings. The molecule has 1 heterocycles. The van der Waals surface area contributed by atoms with Gasteiger partial charge in [-0.1, -0.05) is 11.6 Å². The van der Waals surface area contributed by atoms with E-state index >= 15 is 0 Å². The van der Waals surface area contributed by atoms with Gasteiger partial charge in [0.05, 0.1) is 12.1 Å². The molecule has 0 spiro atoms. The number of halogens is 1. The van der Waals surface area contributed by atoms with Crippen molar-refractivity contribution in [3.63, 3.8) is 0 Å². The van der Waals surface area contributed by atoms with Gasteiger partial charge in [0.25, 0.3) is 0 Å². The van der Waals surface area contributed by atoms with Crippen molar-refractivity contribution in [3.05, 3.63) is 17.0 Å². The van der Waals surface area contributed by atoms with Crippen molar-refractivity contribution in [2.24, 2.45) is 0 Å². The summed E-state index contributed by atoms with van der Waals surface area (Å²) in [5.41, 5.74) is 0. The van der Waals surface area contributed by atoms with E-state index in [-0.39, 0.29) is 13.1 Å². The Labute approximate surface area is 104 Å². The van der Waals surface area contributed by atoms with Crippen LogP contribution in [0.15, 0.2) is 6.07 Å². The Morgan fingerprint density at radius 3 is 2.47 bits per heavy atom. The topological polar surface area (TPSA) is 76.6 Å². The first-order valence-electron chi connectivity index (χ1n) is 5.28. The van der Waals surface area contributed by atoms with Crippen molar-refractivity contribution in [3.8, 4) is 12.1 Å². The van der Waals surface area contributed by atoms with Gasteiger partial charge in [0, 0.05) is 12.0 Å². The molecule has 0 amide bonds. The molecule has 2 rings (SSSR count). The Balaban J connectivity index is 2.29. The van der Waals surface area contributed by atoms with Gasteiger partial charge in [0.2, 0.25) is 0 Å². The molecule has 0 aliphatic heterocycles. The first-order chi connectivity index (χ1) is 8.24. The van der Waals surface area contributed by atoms with Crippen molar-refractivity contribution in [1.82, 2.24) is 9.97 Å². The van der Waals surface area contributed by atoms with Gasteiger partial charge in [-0.05, 0) is 12.8 Å². The first kappa shape index (κ1) is 11.6. The monoisotopic (exact) mass is 247 g/mol. The Morgan fingerprint density at radius 1 is 1.29 bits per heavy atom. The Hall–Kier alpha value is -1.85. The molecule has 1 saturated carbocycles. The molecule has 0 N–H and O–H groups in total. The number of nitriles is 2. The van der Waals surface area contributed by atoms with E-state index in [0.717, 1.165) is 12.8 Å². The zero-order valence-corrected chi connectivity index (χ0v) is 9.85. The van der Waals surface area contributed by atoms with Crippen LogP contribution in [0.1, 0.15) is 24.6 Å². The minimum Gasteiger partial charge on any atom is -0.330 e. The largest absolute Gasteiger partial charge is 0.330 e. The van der Waals surface area contributed by atoms with Gasteiger partial charge in [0.1, 0.15) is 29.9 Å². The van der Waals surface area contributed by atoms with E-state index in [1.54, 1.807) is 11.0 Å². The third-order valence-corrected chi connectivity index (χ3v) is 2.68. The van der Waals surface area contributed by atoms with Crippen molar-refractivity contribution in [2.75, 3.05) is 18.0 Å². The predicted molar refractivity (Wildman–Crippen MR) is 62.5 cm³/mol. The molecule has 6 heteroatoms. The molecule has 1 aliphatic carbocycles. The van der Waals surface area contributed by atoms with Crippen LogP contribution in [0, 0.1) is 22.7 Å². The SMILES string of the molecule is N#CCN(CC#N)c1cc(Cl)nc(C2CC2)n1. The van der Waals surface area contributed by atoms with Crippen LogP contribution in [0.2, 0.25) is 5.15 Å². The fraction of sp³-hybridized carbons (Fsp3) is 0.455. The average Bonchev–Trinajstić information content (AvgIpc) is 3.12. The highest BCUT2D eigenvalue weighted by atomic mass is 35.5. The Bertz CT molecular complexity index is 482. The van der Waals surface area contributed by atoms with E-state index in [9.17, 15) is 0 Å². The third-order valence-electron chi connectivity index (χ3n) is 2.49. The summed E-state index contributed by atoms with van der Waals surface area (Å²) < 4.78 is 0. The highest BCUT2D eigenvalue weighted by Crippen LogP contribution is 2.39. The lowest BCUT2D eigenvalue weighted by Crippen LogP contribution is -2.25. The summed E-state index contributed by atoms with van der Waals surface area (Å²) in [6, 6.07) is 5.60. The molecule has 0 radical (unpaired) electrons. The molecule has 0 unspecified atom stereocenters. The van der Waals surface area contributed by atoms with E-state index in [1.165, 1.54) is 0 Å². The van der Waals surface area contributed by atoms with Gasteiger partial charge in [0.15, 0.2) is 0 Å². The molecule has 1 fully saturated rings. The molecule has 0 saturated heterocycles. The third kappa shape index (κ3) is 2.83. The Morgan fingerprint density at radius 2 is 1.94 bits per heavy atom. The van der Waals surface area contributed by atoms with Crippen LogP contribution < -0.4 is 4.90 Å². The van der Waals surface area contributed by atoms with Crippen LogP contribution >= 0.6 is 11.6 Å². The van der Waals surface area contributed by atoms with Crippen molar-refractivity contribution < 1.29 is 0 Å². The maximum atomic E-state index is 8.71. The Kier molecular flexibility index (Phi) is 3.41. The maximum Gasteiger partial charge on any atom is 0.135 e. The highest BCUT2D eigenvalue weighted by Gasteiger charge is 2.27. The predicted octanol–water partition coefficient (Wildman–Crippen LogP) is 1.86. The van der Waals surface area contributed by atoms with E-state index in [4.69, 9.17) is 22.1 Å². The normalized spacial score (nSPS) is 13.8. The van der Waals surface area contributed by atoms with Crippen molar-refractivity contribution in [1.29, 1.82) is 10.5 Å². The number of rotatable bonds is 4. The summed E-state index contributed by atoms with van der Waals surface area (Å²) in [5.74, 6) is 1.65. The maximum absolute atomic E-state index is 8.71. The second-order valence-corrected chi connectivity index (χ2v) is 4.24. The van der Waals surface area contributed by atoms with Crippen molar-refractivity contribution >= 4 is 17.4 Å². The molecule has 17 heavy (non-hydrogen) atoms. The molecule has 1 aromatic heterocycles. The second-order valence-electron chi connectivity index (χ2n) is 3.85. The van der Waals surface area contributed by atoms with E-state index < -0.39 is 0 Å². The van der Waals surface area contributed by atoms with Crippen LogP contribution in [0.4, 0.5) is 5.82 Å². The molecule has 0 atom stereocenters. The highest BCUT2D eigenvalue weighted by molar-refractivity contribution is 6.29. The van der Waals surface area contributed by atoms with Crippen molar-refractivity contribution in [2.45, 2.75) is 18.8 Å². The summed E-state index contributed by atoms with van der Waals surface area (Å²) in [7, 11) is 0. The number of hydrogen-bond donors (Lipinski definition) is 0. The zero-order chi connectivity index (χ0) is 12.3. The van der Waals surface area contributed by atoms with Gasteiger partial charge in [-0.25, -0.2) is 9.97 Å². The minimum atomic E-state index is 0.116. The van der Waals surface area contributed by atoms with E-state index in [0.29, 0.717) is 22.7 Å². The summed E-state index contributed by atoms with van der Waals surface area (Å²) in [4.78, 5) is 10.1. The number of aromatic nitrogens is 2. The van der Waals surface area contributed by atoms with Crippen LogP contribution in [-0.2, 0) is 0 Å². The fourth-order valence-corrected chi connectivity index (χ4v) is 1.68. The van der Waals surface area contributed by atoms with Gasteiger partial charge in [-0.2, -0.15) is 10.5 Å². The molecular formula is C11H10ClN5. The standard InChI is InChI=1S/C11H10ClN5/c12-9-7-10(17(5-3-13)6-4-14)16-11(15-9)8-1-2-8/h7-8H,1-2,5-6H2. The minimum absolute atomic E-state index is 0.116. The summed E-state index contributed by atoms with van der Waals surface area (Å²) in [5, 5.41) is 17.8.